The SMILES string of the molecule is CCC[C@@H](NC(=O)OCC1c2ccccc2-c2ccccc21)C(=O)N[C@H](C(=O)O)C(C)C. The lowest BCUT2D eigenvalue weighted by molar-refractivity contribution is -0.143. The molecule has 0 aliphatic heterocycles. The first-order valence-electron chi connectivity index (χ1n) is 11.0. The fourth-order valence-electron chi connectivity index (χ4n) is 4.11. The van der Waals surface area contributed by atoms with Crippen LogP contribution in [0.15, 0.2) is 48.5 Å². The lowest BCUT2D eigenvalue weighted by atomic mass is 9.98. The van der Waals surface area contributed by atoms with E-state index in [1.165, 1.54) is 0 Å². The predicted molar refractivity (Wildman–Crippen MR) is 121 cm³/mol. The number of carboxylic acids is 1. The summed E-state index contributed by atoms with van der Waals surface area (Å²) in [5.41, 5.74) is 4.47. The predicted octanol–water partition coefficient (Wildman–Crippen LogP) is 3.92. The molecule has 0 radical (unpaired) electrons. The van der Waals surface area contributed by atoms with Crippen LogP contribution >= 0.6 is 0 Å². The number of amides is 2. The molecule has 0 unspecified atom stereocenters. The van der Waals surface area contributed by atoms with Gasteiger partial charge in [-0.3, -0.25) is 4.79 Å². The van der Waals surface area contributed by atoms with Gasteiger partial charge in [0, 0.05) is 5.92 Å². The van der Waals surface area contributed by atoms with Crippen molar-refractivity contribution in [1.29, 1.82) is 0 Å². The van der Waals surface area contributed by atoms with E-state index in [1.54, 1.807) is 13.8 Å². The maximum Gasteiger partial charge on any atom is 0.407 e. The first-order chi connectivity index (χ1) is 15.3. The van der Waals surface area contributed by atoms with Crippen LogP contribution in [0.2, 0.25) is 0 Å². The van der Waals surface area contributed by atoms with Crippen molar-refractivity contribution in [3.63, 3.8) is 0 Å². The van der Waals surface area contributed by atoms with Crippen molar-refractivity contribution in [2.75, 3.05) is 6.61 Å². The summed E-state index contributed by atoms with van der Waals surface area (Å²) >= 11 is 0. The summed E-state index contributed by atoms with van der Waals surface area (Å²) in [5, 5.41) is 14.5. The minimum absolute atomic E-state index is 0.0797. The summed E-state index contributed by atoms with van der Waals surface area (Å²) in [6.07, 6.45) is 0.318. The Morgan fingerprint density at radius 2 is 1.53 bits per heavy atom. The Kier molecular flexibility index (Phi) is 7.51. The van der Waals surface area contributed by atoms with Gasteiger partial charge < -0.3 is 20.5 Å². The Balaban J connectivity index is 1.65. The molecule has 1 aliphatic carbocycles. The molecule has 2 aromatic rings. The number of alkyl carbamates (subject to hydrolysis) is 1. The average Bonchev–Trinajstić information content (AvgIpc) is 3.09. The van der Waals surface area contributed by atoms with Gasteiger partial charge in [0.1, 0.15) is 18.7 Å². The number of fused-ring (bicyclic) bond motifs is 3. The number of hydrogen-bond donors (Lipinski definition) is 3. The molecule has 2 aromatic carbocycles. The number of rotatable bonds is 9. The van der Waals surface area contributed by atoms with Crippen LogP contribution in [0.1, 0.15) is 50.7 Å². The van der Waals surface area contributed by atoms with Crippen LogP contribution in [0.5, 0.6) is 0 Å². The standard InChI is InChI=1S/C25H30N2O5/c1-4-9-21(23(28)27-22(15(2)3)24(29)30)26-25(31)32-14-20-18-12-7-5-10-16(18)17-11-6-8-13-19(17)20/h5-8,10-13,15,20-22H,4,9,14H2,1-3H3,(H,26,31)(H,27,28)(H,29,30)/t21-,22+/m1/s1. The van der Waals surface area contributed by atoms with Crippen molar-refractivity contribution in [2.45, 2.75) is 51.6 Å². The second kappa shape index (κ2) is 10.3. The van der Waals surface area contributed by atoms with E-state index in [9.17, 15) is 19.5 Å². The molecule has 3 N–H and O–H groups in total. The summed E-state index contributed by atoms with van der Waals surface area (Å²) < 4.78 is 5.52. The first-order valence-corrected chi connectivity index (χ1v) is 11.0. The summed E-state index contributed by atoms with van der Waals surface area (Å²) in [7, 11) is 0. The molecule has 0 heterocycles. The molecule has 2 amide bonds. The molecular weight excluding hydrogens is 408 g/mol. The fraction of sp³-hybridized carbons (Fsp3) is 0.400. The fourth-order valence-corrected chi connectivity index (χ4v) is 4.11. The van der Waals surface area contributed by atoms with Crippen LogP contribution < -0.4 is 10.6 Å². The zero-order chi connectivity index (χ0) is 23.3. The second-order valence-corrected chi connectivity index (χ2v) is 8.38. The highest BCUT2D eigenvalue weighted by atomic mass is 16.5. The van der Waals surface area contributed by atoms with Crippen LogP contribution in [-0.2, 0) is 14.3 Å². The minimum Gasteiger partial charge on any atom is -0.480 e. The van der Waals surface area contributed by atoms with Gasteiger partial charge in [0.2, 0.25) is 5.91 Å². The van der Waals surface area contributed by atoms with Crippen molar-refractivity contribution < 1.29 is 24.2 Å². The molecule has 0 aromatic heterocycles. The first kappa shape index (κ1) is 23.3. The summed E-state index contributed by atoms with van der Waals surface area (Å²) in [4.78, 5) is 36.6. The molecule has 0 saturated heterocycles. The molecule has 7 heteroatoms. The van der Waals surface area contributed by atoms with E-state index in [-0.39, 0.29) is 18.4 Å². The van der Waals surface area contributed by atoms with Gasteiger partial charge in [-0.2, -0.15) is 0 Å². The van der Waals surface area contributed by atoms with Crippen LogP contribution in [0, 0.1) is 5.92 Å². The van der Waals surface area contributed by atoms with Crippen molar-refractivity contribution >= 4 is 18.0 Å². The molecule has 0 saturated carbocycles. The number of hydrogen-bond acceptors (Lipinski definition) is 4. The second-order valence-electron chi connectivity index (χ2n) is 8.38. The van der Waals surface area contributed by atoms with Gasteiger partial charge in [0.05, 0.1) is 0 Å². The summed E-state index contributed by atoms with van der Waals surface area (Å²) in [5.74, 6) is -2.00. The molecule has 32 heavy (non-hydrogen) atoms. The van der Waals surface area contributed by atoms with Crippen LogP contribution in [0.4, 0.5) is 4.79 Å². The van der Waals surface area contributed by atoms with E-state index in [1.807, 2.05) is 43.3 Å². The number of nitrogens with one attached hydrogen (secondary N) is 2. The molecule has 0 spiro atoms. The lowest BCUT2D eigenvalue weighted by Gasteiger charge is -2.23. The zero-order valence-electron chi connectivity index (χ0n) is 18.6. The van der Waals surface area contributed by atoms with Gasteiger partial charge in [-0.05, 0) is 34.6 Å². The molecule has 170 valence electrons. The molecule has 0 bridgehead atoms. The lowest BCUT2D eigenvalue weighted by Crippen LogP contribution is -2.53. The average molecular weight is 439 g/mol. The highest BCUT2D eigenvalue weighted by Crippen LogP contribution is 2.44. The van der Waals surface area contributed by atoms with E-state index in [0.29, 0.717) is 12.8 Å². The van der Waals surface area contributed by atoms with Gasteiger partial charge in [-0.15, -0.1) is 0 Å². The summed E-state index contributed by atoms with van der Waals surface area (Å²) in [6.45, 7) is 5.46. The highest BCUT2D eigenvalue weighted by Gasteiger charge is 2.31. The molecular formula is C25H30N2O5. The van der Waals surface area contributed by atoms with Gasteiger partial charge in [-0.25, -0.2) is 9.59 Å². The minimum atomic E-state index is -1.11. The number of aliphatic carboxylic acids is 1. The Hall–Kier alpha value is -3.35. The van der Waals surface area contributed by atoms with Crippen LogP contribution in [0.25, 0.3) is 11.1 Å². The summed E-state index contributed by atoms with van der Waals surface area (Å²) in [6, 6.07) is 14.2. The van der Waals surface area contributed by atoms with E-state index < -0.39 is 30.1 Å². The third-order valence-corrected chi connectivity index (χ3v) is 5.76. The number of carbonyl (C=O) groups is 3. The smallest absolute Gasteiger partial charge is 0.407 e. The Bertz CT molecular complexity index is 942. The number of ether oxygens (including phenoxy) is 1. The van der Waals surface area contributed by atoms with Gasteiger partial charge in [0.15, 0.2) is 0 Å². The monoisotopic (exact) mass is 438 g/mol. The van der Waals surface area contributed by atoms with E-state index in [0.717, 1.165) is 22.3 Å². The van der Waals surface area contributed by atoms with Crippen molar-refractivity contribution in [3.8, 4) is 11.1 Å². The maximum atomic E-state index is 12.6. The number of benzene rings is 2. The third-order valence-electron chi connectivity index (χ3n) is 5.76. The number of carboxylic acid groups (broad SMARTS) is 1. The number of carbonyl (C=O) groups excluding carboxylic acids is 2. The Morgan fingerprint density at radius 1 is 0.969 bits per heavy atom. The highest BCUT2D eigenvalue weighted by molar-refractivity contribution is 5.89. The normalized spacial score (nSPS) is 14.2. The van der Waals surface area contributed by atoms with Crippen molar-refractivity contribution in [3.05, 3.63) is 59.7 Å². The van der Waals surface area contributed by atoms with Gasteiger partial charge in [-0.1, -0.05) is 75.7 Å². The van der Waals surface area contributed by atoms with E-state index >= 15 is 0 Å². The molecule has 3 rings (SSSR count). The van der Waals surface area contributed by atoms with Crippen LogP contribution in [0.3, 0.4) is 0 Å². The van der Waals surface area contributed by atoms with Crippen molar-refractivity contribution in [2.24, 2.45) is 5.92 Å². The topological polar surface area (TPSA) is 105 Å². The van der Waals surface area contributed by atoms with Crippen LogP contribution in [-0.4, -0.2) is 41.8 Å². The maximum absolute atomic E-state index is 12.6. The van der Waals surface area contributed by atoms with Gasteiger partial charge in [0.25, 0.3) is 0 Å². The quantitative estimate of drug-likeness (QED) is 0.550. The van der Waals surface area contributed by atoms with E-state index in [2.05, 4.69) is 22.8 Å². The molecule has 7 nitrogen and oxygen atoms in total. The zero-order valence-corrected chi connectivity index (χ0v) is 18.6. The largest absolute Gasteiger partial charge is 0.480 e. The molecule has 1 aliphatic rings. The molecule has 0 fully saturated rings. The third kappa shape index (κ3) is 5.10. The Labute approximate surface area is 188 Å². The molecule has 2 atom stereocenters. The van der Waals surface area contributed by atoms with E-state index in [4.69, 9.17) is 4.74 Å². The Morgan fingerprint density at radius 3 is 2.03 bits per heavy atom. The van der Waals surface area contributed by atoms with Gasteiger partial charge >= 0.3 is 12.1 Å². The van der Waals surface area contributed by atoms with Crippen molar-refractivity contribution in [1.82, 2.24) is 10.6 Å².